The van der Waals surface area contributed by atoms with E-state index in [4.69, 9.17) is 9.47 Å². The van der Waals surface area contributed by atoms with Crippen molar-refractivity contribution in [2.24, 2.45) is 0 Å². The zero-order valence-corrected chi connectivity index (χ0v) is 27.4. The molecule has 0 N–H and O–H groups in total. The largest absolute Gasteiger partial charge is 0.458 e. The summed E-state index contributed by atoms with van der Waals surface area (Å²) in [5.74, 6) is 2.85. The lowest BCUT2D eigenvalue weighted by Crippen LogP contribution is -2.77. The molecular weight excluding hydrogens is 615 g/mol. The topological polar surface area (TPSA) is 45.5 Å². The van der Waals surface area contributed by atoms with Gasteiger partial charge in [0, 0.05) is 22.5 Å². The van der Waals surface area contributed by atoms with E-state index in [2.05, 4.69) is 150 Å². The number of hydrogen-bond acceptors (Lipinski definition) is 4. The summed E-state index contributed by atoms with van der Waals surface area (Å²) in [6.45, 7) is -0.199. The fourth-order valence-corrected chi connectivity index (χ4v) is 13.5. The molecule has 10 rings (SSSR count). The number of anilines is 3. The van der Waals surface area contributed by atoms with Crippen LogP contribution < -0.4 is 51.5 Å². The minimum atomic E-state index is -2.77. The number of para-hydroxylation sites is 3. The molecule has 4 nitrogen and oxygen atoms in total. The number of rotatable bonds is 3. The lowest BCUT2D eigenvalue weighted by Gasteiger charge is -2.46. The number of nitrogens with zero attached hydrogens (tertiary/aromatic N) is 2. The third kappa shape index (κ3) is 3.79. The van der Waals surface area contributed by atoms with Crippen LogP contribution in [0.5, 0.6) is 23.0 Å². The van der Waals surface area contributed by atoms with Gasteiger partial charge in [-0.15, -0.1) is 0 Å². The number of fused-ring (bicyclic) bond motifs is 6. The molecule has 0 aromatic heterocycles. The average molecular weight is 643 g/mol. The molecule has 3 aliphatic heterocycles. The standard InChI is InChI=1S/C43H27BN2O2Si/c45-28-29-26-27-38-42-43(29)48-36-22-10-7-18-32(36)44(42)41-35(21-13-23-37(41)47-38)46-33-19-8-11-24-39(33)49(30-14-3-1-4-15-30,31-16-5-2-6-17-31)40-25-12-9-20-34(40)46/h1-27H. The Morgan fingerprint density at radius 3 is 1.71 bits per heavy atom. The van der Waals surface area contributed by atoms with E-state index in [0.717, 1.165) is 50.7 Å². The first-order chi connectivity index (χ1) is 24.3. The minimum Gasteiger partial charge on any atom is -0.458 e. The van der Waals surface area contributed by atoms with E-state index >= 15 is 0 Å². The average Bonchev–Trinajstić information content (AvgIpc) is 3.17. The van der Waals surface area contributed by atoms with Gasteiger partial charge >= 0.3 is 0 Å². The molecule has 3 heterocycles. The molecule has 0 aliphatic carbocycles. The van der Waals surface area contributed by atoms with Gasteiger partial charge in [-0.3, -0.25) is 0 Å². The summed E-state index contributed by atoms with van der Waals surface area (Å²) < 4.78 is 13.2. The maximum atomic E-state index is 10.1. The summed E-state index contributed by atoms with van der Waals surface area (Å²) in [5, 5.41) is 15.5. The molecular formula is C43H27BN2O2Si. The molecule has 3 aliphatic rings. The summed E-state index contributed by atoms with van der Waals surface area (Å²) >= 11 is 0. The minimum absolute atomic E-state index is 0.199. The molecule has 0 spiro atoms. The molecule has 0 amide bonds. The Morgan fingerprint density at radius 1 is 0.490 bits per heavy atom. The Hall–Kier alpha value is -6.29. The second-order valence-corrected chi connectivity index (χ2v) is 16.4. The summed E-state index contributed by atoms with van der Waals surface area (Å²) in [7, 11) is -2.77. The van der Waals surface area contributed by atoms with E-state index < -0.39 is 8.07 Å². The van der Waals surface area contributed by atoms with Gasteiger partial charge in [0.05, 0.1) is 5.56 Å². The van der Waals surface area contributed by atoms with Gasteiger partial charge in [0.15, 0.2) is 8.07 Å². The fourth-order valence-electron chi connectivity index (χ4n) is 8.41. The van der Waals surface area contributed by atoms with Gasteiger partial charge in [-0.25, -0.2) is 0 Å². The van der Waals surface area contributed by atoms with Crippen molar-refractivity contribution < 1.29 is 9.47 Å². The van der Waals surface area contributed by atoms with Crippen molar-refractivity contribution in [2.45, 2.75) is 0 Å². The van der Waals surface area contributed by atoms with Crippen LogP contribution in [0.1, 0.15) is 5.56 Å². The highest BCUT2D eigenvalue weighted by Gasteiger charge is 2.50. The lowest BCUT2D eigenvalue weighted by molar-refractivity contribution is 0.463. The fraction of sp³-hybridized carbons (Fsp3) is 0. The van der Waals surface area contributed by atoms with E-state index in [9.17, 15) is 5.26 Å². The first-order valence-electron chi connectivity index (χ1n) is 16.5. The zero-order chi connectivity index (χ0) is 32.5. The van der Waals surface area contributed by atoms with Gasteiger partial charge < -0.3 is 14.4 Å². The van der Waals surface area contributed by atoms with Crippen molar-refractivity contribution in [3.8, 4) is 29.1 Å². The molecule has 0 bridgehead atoms. The maximum absolute atomic E-state index is 10.1. The predicted octanol–water partition coefficient (Wildman–Crippen LogP) is 5.45. The van der Waals surface area contributed by atoms with Crippen molar-refractivity contribution in [1.82, 2.24) is 0 Å². The summed E-state index contributed by atoms with van der Waals surface area (Å²) in [6.07, 6.45) is 0. The molecule has 49 heavy (non-hydrogen) atoms. The molecule has 0 radical (unpaired) electrons. The van der Waals surface area contributed by atoms with Gasteiger partial charge in [-0.2, -0.15) is 5.26 Å². The smallest absolute Gasteiger partial charge is 0.263 e. The number of nitriles is 1. The van der Waals surface area contributed by atoms with Crippen molar-refractivity contribution in [3.63, 3.8) is 0 Å². The molecule has 7 aromatic rings. The Morgan fingerprint density at radius 2 is 1.04 bits per heavy atom. The molecule has 0 unspecified atom stereocenters. The van der Waals surface area contributed by atoms with E-state index in [1.807, 2.05) is 18.2 Å². The second-order valence-electron chi connectivity index (χ2n) is 12.7. The molecule has 6 heteroatoms. The van der Waals surface area contributed by atoms with E-state index in [1.54, 1.807) is 6.07 Å². The van der Waals surface area contributed by atoms with Gasteiger partial charge in [0.1, 0.15) is 29.1 Å². The van der Waals surface area contributed by atoms with Gasteiger partial charge in [0.25, 0.3) is 6.71 Å². The quantitative estimate of drug-likeness (QED) is 0.241. The van der Waals surface area contributed by atoms with Crippen LogP contribution in [0.4, 0.5) is 17.1 Å². The number of hydrogen-bond donors (Lipinski definition) is 0. The van der Waals surface area contributed by atoms with Crippen LogP contribution in [0.2, 0.25) is 0 Å². The first-order valence-corrected chi connectivity index (χ1v) is 18.5. The predicted molar refractivity (Wildman–Crippen MR) is 201 cm³/mol. The summed E-state index contributed by atoms with van der Waals surface area (Å²) in [5.41, 5.74) is 6.87. The van der Waals surface area contributed by atoms with Crippen molar-refractivity contribution in [1.29, 1.82) is 5.26 Å². The number of benzene rings is 7. The zero-order valence-electron chi connectivity index (χ0n) is 26.4. The van der Waals surface area contributed by atoms with Gasteiger partial charge in [-0.05, 0) is 74.1 Å². The second kappa shape index (κ2) is 10.6. The Bertz CT molecular complexity index is 2410. The normalized spacial score (nSPS) is 14.1. The highest BCUT2D eigenvalue weighted by Crippen LogP contribution is 2.42. The molecule has 0 saturated carbocycles. The Kier molecular flexibility index (Phi) is 6.02. The van der Waals surface area contributed by atoms with Crippen LogP contribution >= 0.6 is 0 Å². The maximum Gasteiger partial charge on any atom is 0.263 e. The molecule has 7 aromatic carbocycles. The van der Waals surface area contributed by atoms with E-state index in [-0.39, 0.29) is 6.71 Å². The molecule has 228 valence electrons. The first kappa shape index (κ1) is 27.8. The lowest BCUT2D eigenvalue weighted by atomic mass is 9.34. The van der Waals surface area contributed by atoms with E-state index in [0.29, 0.717) is 11.3 Å². The Balaban J connectivity index is 1.29. The van der Waals surface area contributed by atoms with E-state index in [1.165, 1.54) is 20.7 Å². The van der Waals surface area contributed by atoms with Gasteiger partial charge in [0.2, 0.25) is 0 Å². The monoisotopic (exact) mass is 642 g/mol. The van der Waals surface area contributed by atoms with Crippen LogP contribution in [-0.2, 0) is 0 Å². The van der Waals surface area contributed by atoms with Crippen LogP contribution in [0, 0.1) is 11.3 Å². The molecule has 0 atom stereocenters. The van der Waals surface area contributed by atoms with Crippen molar-refractivity contribution in [3.05, 3.63) is 169 Å². The van der Waals surface area contributed by atoms with Crippen LogP contribution in [-0.4, -0.2) is 14.8 Å². The third-order valence-corrected chi connectivity index (χ3v) is 15.2. The number of ether oxygens (including phenoxy) is 2. The Labute approximate surface area is 286 Å². The SMILES string of the molecule is N#Cc1ccc2c3c1Oc1ccccc1B3c1c(cccc1N1c3ccccc3[Si](c3ccccc3)(c3ccccc3)c3ccccc31)O2. The van der Waals surface area contributed by atoms with Gasteiger partial charge in [-0.1, -0.05) is 121 Å². The van der Waals surface area contributed by atoms with Crippen LogP contribution in [0.25, 0.3) is 0 Å². The van der Waals surface area contributed by atoms with Crippen LogP contribution in [0.3, 0.4) is 0 Å². The van der Waals surface area contributed by atoms with Crippen molar-refractivity contribution in [2.75, 3.05) is 4.90 Å². The van der Waals surface area contributed by atoms with Crippen LogP contribution in [0.15, 0.2) is 164 Å². The molecule has 0 fully saturated rings. The highest BCUT2D eigenvalue weighted by molar-refractivity contribution is 7.21. The third-order valence-electron chi connectivity index (χ3n) is 10.3. The summed E-state index contributed by atoms with van der Waals surface area (Å²) in [4.78, 5) is 2.45. The highest BCUT2D eigenvalue weighted by atomic mass is 28.3. The summed E-state index contributed by atoms with van der Waals surface area (Å²) in [6, 6.07) is 60.6. The molecule has 0 saturated heterocycles. The van der Waals surface area contributed by atoms with Crippen molar-refractivity contribution >= 4 is 69.0 Å².